The third-order valence-corrected chi connectivity index (χ3v) is 2.83. The van der Waals surface area contributed by atoms with Gasteiger partial charge < -0.3 is 9.47 Å². The number of methoxy groups -OCH3 is 1. The van der Waals surface area contributed by atoms with Crippen molar-refractivity contribution in [2.45, 2.75) is 5.60 Å². The SMILES string of the molecule is COC1(c2cnc(C#N)cc2Cl)COC1. The molecule has 1 aliphatic heterocycles. The van der Waals surface area contributed by atoms with Crippen LogP contribution in [0.15, 0.2) is 12.3 Å². The van der Waals surface area contributed by atoms with Crippen LogP contribution in [0.5, 0.6) is 0 Å². The Kier molecular flexibility index (Phi) is 2.61. The predicted molar refractivity (Wildman–Crippen MR) is 53.5 cm³/mol. The molecule has 0 N–H and O–H groups in total. The van der Waals surface area contributed by atoms with Crippen LogP contribution in [0.25, 0.3) is 0 Å². The highest BCUT2D eigenvalue weighted by atomic mass is 35.5. The van der Waals surface area contributed by atoms with Gasteiger partial charge in [-0.3, -0.25) is 0 Å². The van der Waals surface area contributed by atoms with Gasteiger partial charge in [-0.25, -0.2) is 4.98 Å². The average molecular weight is 225 g/mol. The van der Waals surface area contributed by atoms with E-state index in [1.807, 2.05) is 6.07 Å². The second kappa shape index (κ2) is 3.78. The Hall–Kier alpha value is -1.15. The first-order valence-corrected chi connectivity index (χ1v) is 4.79. The Balaban J connectivity index is 2.41. The van der Waals surface area contributed by atoms with E-state index in [4.69, 9.17) is 26.3 Å². The van der Waals surface area contributed by atoms with Gasteiger partial charge in [-0.05, 0) is 6.07 Å². The molecule has 0 bridgehead atoms. The number of halogens is 1. The third-order valence-electron chi connectivity index (χ3n) is 2.52. The molecule has 2 heterocycles. The van der Waals surface area contributed by atoms with Crippen LogP contribution in [0.2, 0.25) is 5.02 Å². The zero-order valence-corrected chi connectivity index (χ0v) is 8.91. The molecule has 15 heavy (non-hydrogen) atoms. The van der Waals surface area contributed by atoms with Crippen LogP contribution < -0.4 is 0 Å². The molecule has 0 aliphatic carbocycles. The maximum absolute atomic E-state index is 8.66. The van der Waals surface area contributed by atoms with Crippen molar-refractivity contribution >= 4 is 11.6 Å². The summed E-state index contributed by atoms with van der Waals surface area (Å²) in [4.78, 5) is 3.97. The molecule has 1 saturated heterocycles. The molecule has 0 saturated carbocycles. The number of aromatic nitrogens is 1. The second-order valence-corrected chi connectivity index (χ2v) is 3.76. The number of hydrogen-bond donors (Lipinski definition) is 0. The molecule has 1 aromatic rings. The van der Waals surface area contributed by atoms with E-state index in [0.717, 1.165) is 5.56 Å². The topological polar surface area (TPSA) is 55.1 Å². The smallest absolute Gasteiger partial charge is 0.142 e. The Morgan fingerprint density at radius 3 is 2.80 bits per heavy atom. The summed E-state index contributed by atoms with van der Waals surface area (Å²) in [6, 6.07) is 3.47. The highest BCUT2D eigenvalue weighted by molar-refractivity contribution is 6.31. The molecule has 2 rings (SSSR count). The molecule has 0 atom stereocenters. The molecule has 78 valence electrons. The van der Waals surface area contributed by atoms with E-state index in [1.165, 1.54) is 6.07 Å². The van der Waals surface area contributed by atoms with Crippen molar-refractivity contribution in [1.29, 1.82) is 5.26 Å². The van der Waals surface area contributed by atoms with Crippen molar-refractivity contribution in [2.24, 2.45) is 0 Å². The van der Waals surface area contributed by atoms with Crippen LogP contribution in [0.3, 0.4) is 0 Å². The van der Waals surface area contributed by atoms with Crippen molar-refractivity contribution in [2.75, 3.05) is 20.3 Å². The molecule has 0 unspecified atom stereocenters. The fourth-order valence-electron chi connectivity index (χ4n) is 1.50. The summed E-state index contributed by atoms with van der Waals surface area (Å²) < 4.78 is 10.5. The highest BCUT2D eigenvalue weighted by Crippen LogP contribution is 2.36. The molecule has 0 amide bonds. The lowest BCUT2D eigenvalue weighted by Crippen LogP contribution is -2.48. The Labute approximate surface area is 92.4 Å². The van der Waals surface area contributed by atoms with Crippen LogP contribution in [0, 0.1) is 11.3 Å². The first-order chi connectivity index (χ1) is 7.22. The first kappa shape index (κ1) is 10.4. The van der Waals surface area contributed by atoms with Crippen molar-refractivity contribution in [3.8, 4) is 6.07 Å². The Morgan fingerprint density at radius 1 is 1.67 bits per heavy atom. The highest BCUT2D eigenvalue weighted by Gasteiger charge is 2.42. The maximum Gasteiger partial charge on any atom is 0.142 e. The number of nitriles is 1. The van der Waals surface area contributed by atoms with Gasteiger partial charge in [-0.1, -0.05) is 11.6 Å². The molecule has 5 heteroatoms. The maximum atomic E-state index is 8.66. The molecule has 4 nitrogen and oxygen atoms in total. The van der Waals surface area contributed by atoms with E-state index >= 15 is 0 Å². The molecule has 0 radical (unpaired) electrons. The van der Waals surface area contributed by atoms with E-state index in [0.29, 0.717) is 23.9 Å². The fraction of sp³-hybridized carbons (Fsp3) is 0.400. The van der Waals surface area contributed by atoms with Crippen molar-refractivity contribution in [3.63, 3.8) is 0 Å². The van der Waals surface area contributed by atoms with Gasteiger partial charge in [0, 0.05) is 18.9 Å². The van der Waals surface area contributed by atoms with Crippen molar-refractivity contribution in [1.82, 2.24) is 4.98 Å². The number of hydrogen-bond acceptors (Lipinski definition) is 4. The zero-order chi connectivity index (χ0) is 10.9. The van der Waals surface area contributed by atoms with Crippen molar-refractivity contribution in [3.05, 3.63) is 28.5 Å². The van der Waals surface area contributed by atoms with Gasteiger partial charge in [0.1, 0.15) is 17.4 Å². The lowest BCUT2D eigenvalue weighted by Gasteiger charge is -2.40. The van der Waals surface area contributed by atoms with Crippen LogP contribution in [-0.2, 0) is 15.1 Å². The summed E-state index contributed by atoms with van der Waals surface area (Å²) in [6.45, 7) is 0.938. The van der Waals surface area contributed by atoms with E-state index < -0.39 is 5.60 Å². The number of pyridine rings is 1. The molecular weight excluding hydrogens is 216 g/mol. The minimum atomic E-state index is -0.488. The van der Waals surface area contributed by atoms with Crippen LogP contribution in [-0.4, -0.2) is 25.3 Å². The standard InChI is InChI=1S/C10H9ClN2O2/c1-14-10(5-15-6-10)8-4-13-7(3-12)2-9(8)11/h2,4H,5-6H2,1H3. The Morgan fingerprint density at radius 2 is 2.40 bits per heavy atom. The first-order valence-electron chi connectivity index (χ1n) is 4.41. The van der Waals surface area contributed by atoms with Gasteiger partial charge in [0.25, 0.3) is 0 Å². The van der Waals surface area contributed by atoms with Gasteiger partial charge in [-0.2, -0.15) is 5.26 Å². The molecule has 1 aromatic heterocycles. The largest absolute Gasteiger partial charge is 0.375 e. The summed E-state index contributed by atoms with van der Waals surface area (Å²) in [6.07, 6.45) is 1.58. The Bertz CT molecular complexity index is 418. The monoisotopic (exact) mass is 224 g/mol. The van der Waals surface area contributed by atoms with Gasteiger partial charge >= 0.3 is 0 Å². The fourth-order valence-corrected chi connectivity index (χ4v) is 1.82. The van der Waals surface area contributed by atoms with Gasteiger partial charge in [-0.15, -0.1) is 0 Å². The summed E-state index contributed by atoms with van der Waals surface area (Å²) in [7, 11) is 1.61. The molecule has 1 fully saturated rings. The quantitative estimate of drug-likeness (QED) is 0.764. The lowest BCUT2D eigenvalue weighted by molar-refractivity contribution is -0.202. The summed E-state index contributed by atoms with van der Waals surface area (Å²) >= 11 is 6.06. The number of rotatable bonds is 2. The van der Waals surface area contributed by atoms with E-state index in [1.54, 1.807) is 13.3 Å². The number of ether oxygens (including phenoxy) is 2. The van der Waals surface area contributed by atoms with E-state index in [9.17, 15) is 0 Å². The molecule has 0 aromatic carbocycles. The third kappa shape index (κ3) is 1.59. The second-order valence-electron chi connectivity index (χ2n) is 3.35. The predicted octanol–water partition coefficient (Wildman–Crippen LogP) is 1.48. The number of nitrogens with zero attached hydrogens (tertiary/aromatic N) is 2. The van der Waals surface area contributed by atoms with Crippen LogP contribution >= 0.6 is 11.6 Å². The molecule has 1 aliphatic rings. The normalized spacial score (nSPS) is 17.9. The van der Waals surface area contributed by atoms with Gasteiger partial charge in [0.2, 0.25) is 0 Å². The van der Waals surface area contributed by atoms with Gasteiger partial charge in [0.05, 0.1) is 18.2 Å². The van der Waals surface area contributed by atoms with E-state index in [2.05, 4.69) is 4.98 Å². The van der Waals surface area contributed by atoms with Crippen LogP contribution in [0.4, 0.5) is 0 Å². The summed E-state index contributed by atoms with van der Waals surface area (Å²) in [5.74, 6) is 0. The summed E-state index contributed by atoms with van der Waals surface area (Å²) in [5.41, 5.74) is 0.588. The molecular formula is C10H9ClN2O2. The minimum Gasteiger partial charge on any atom is -0.375 e. The zero-order valence-electron chi connectivity index (χ0n) is 8.16. The van der Waals surface area contributed by atoms with Gasteiger partial charge in [0.15, 0.2) is 0 Å². The van der Waals surface area contributed by atoms with E-state index in [-0.39, 0.29) is 0 Å². The van der Waals surface area contributed by atoms with Crippen LogP contribution in [0.1, 0.15) is 11.3 Å². The summed E-state index contributed by atoms with van der Waals surface area (Å²) in [5, 5.41) is 9.15. The minimum absolute atomic E-state index is 0.301. The van der Waals surface area contributed by atoms with Crippen molar-refractivity contribution < 1.29 is 9.47 Å². The lowest BCUT2D eigenvalue weighted by atomic mass is 9.93. The molecule has 0 spiro atoms. The average Bonchev–Trinajstić information content (AvgIpc) is 2.19.